The topological polar surface area (TPSA) is 43.6 Å². The van der Waals surface area contributed by atoms with Crippen molar-refractivity contribution in [3.8, 4) is 0 Å². The summed E-state index contributed by atoms with van der Waals surface area (Å²) in [5.74, 6) is 0. The number of carbonyl (C=O) groups is 1. The van der Waals surface area contributed by atoms with E-state index in [9.17, 15) is 4.79 Å². The van der Waals surface area contributed by atoms with E-state index in [-0.39, 0.29) is 12.1 Å². The van der Waals surface area contributed by atoms with E-state index in [1.807, 2.05) is 27.7 Å². The maximum absolute atomic E-state index is 11.6. The van der Waals surface area contributed by atoms with Crippen molar-refractivity contribution in [2.24, 2.45) is 0 Å². The molecule has 4 nitrogen and oxygen atoms in total. The number of rotatable bonds is 0. The van der Waals surface area contributed by atoms with Crippen LogP contribution in [0.3, 0.4) is 0 Å². The van der Waals surface area contributed by atoms with E-state index in [1.54, 1.807) is 4.90 Å². The Bertz CT molecular complexity index is 211. The molecule has 0 aromatic carbocycles. The van der Waals surface area contributed by atoms with Crippen LogP contribution in [0.5, 0.6) is 0 Å². The lowest BCUT2D eigenvalue weighted by Crippen LogP contribution is -2.49. The van der Waals surface area contributed by atoms with Crippen LogP contribution in [0, 0.1) is 0 Å². The van der Waals surface area contributed by atoms with Gasteiger partial charge in [-0.1, -0.05) is 0 Å². The van der Waals surface area contributed by atoms with Crippen molar-refractivity contribution >= 4 is 6.09 Å². The molecule has 1 unspecified atom stereocenters. The Hall–Kier alpha value is -0.770. The Morgan fingerprint density at radius 2 is 2.14 bits per heavy atom. The SMILES string of the molecule is CC1CN(C(=O)OC(C)(C)C)CC[N]1. The number of carbonyl (C=O) groups excluding carboxylic acids is 1. The van der Waals surface area contributed by atoms with Gasteiger partial charge in [0.2, 0.25) is 0 Å². The first kappa shape index (κ1) is 11.3. The van der Waals surface area contributed by atoms with E-state index in [0.717, 1.165) is 6.54 Å². The van der Waals surface area contributed by atoms with E-state index >= 15 is 0 Å². The first-order valence-electron chi connectivity index (χ1n) is 5.03. The number of hydrogen-bond acceptors (Lipinski definition) is 2. The molecule has 0 saturated carbocycles. The largest absolute Gasteiger partial charge is 0.444 e. The fourth-order valence-corrected chi connectivity index (χ4v) is 1.36. The van der Waals surface area contributed by atoms with Crippen molar-refractivity contribution < 1.29 is 9.53 Å². The van der Waals surface area contributed by atoms with Gasteiger partial charge in [0, 0.05) is 25.7 Å². The van der Waals surface area contributed by atoms with Gasteiger partial charge >= 0.3 is 6.09 Å². The molecule has 0 aromatic heterocycles. The molecule has 1 heterocycles. The highest BCUT2D eigenvalue weighted by Crippen LogP contribution is 2.11. The van der Waals surface area contributed by atoms with E-state index in [1.165, 1.54) is 0 Å². The molecule has 1 saturated heterocycles. The summed E-state index contributed by atoms with van der Waals surface area (Å²) in [7, 11) is 0. The Morgan fingerprint density at radius 3 is 2.64 bits per heavy atom. The van der Waals surface area contributed by atoms with Gasteiger partial charge in [-0.2, -0.15) is 0 Å². The molecule has 1 fully saturated rings. The summed E-state index contributed by atoms with van der Waals surface area (Å²) < 4.78 is 5.27. The summed E-state index contributed by atoms with van der Waals surface area (Å²) in [5, 5.41) is 4.31. The van der Waals surface area contributed by atoms with Crippen LogP contribution in [0.2, 0.25) is 0 Å². The molecule has 0 spiro atoms. The average molecular weight is 199 g/mol. The van der Waals surface area contributed by atoms with E-state index in [4.69, 9.17) is 4.74 Å². The lowest BCUT2D eigenvalue weighted by Gasteiger charge is -2.32. The molecule has 1 rings (SSSR count). The minimum atomic E-state index is -0.408. The second-order valence-corrected chi connectivity index (χ2v) is 4.68. The number of ether oxygens (including phenoxy) is 1. The molecule has 0 aliphatic carbocycles. The highest BCUT2D eigenvalue weighted by molar-refractivity contribution is 5.68. The van der Waals surface area contributed by atoms with E-state index in [0.29, 0.717) is 13.1 Å². The third-order valence-electron chi connectivity index (χ3n) is 1.95. The quantitative estimate of drug-likeness (QED) is 0.589. The normalized spacial score (nSPS) is 23.4. The van der Waals surface area contributed by atoms with Gasteiger partial charge in [0.25, 0.3) is 0 Å². The van der Waals surface area contributed by atoms with Crippen LogP contribution in [0.1, 0.15) is 27.7 Å². The zero-order valence-electron chi connectivity index (χ0n) is 9.41. The van der Waals surface area contributed by atoms with Crippen LogP contribution in [-0.2, 0) is 4.74 Å². The molecule has 14 heavy (non-hydrogen) atoms. The summed E-state index contributed by atoms with van der Waals surface area (Å²) in [6, 6.07) is 0.233. The third-order valence-corrected chi connectivity index (χ3v) is 1.95. The lowest BCUT2D eigenvalue weighted by molar-refractivity contribution is 0.0199. The lowest BCUT2D eigenvalue weighted by atomic mass is 10.2. The first-order valence-corrected chi connectivity index (χ1v) is 5.03. The van der Waals surface area contributed by atoms with Crippen LogP contribution >= 0.6 is 0 Å². The Morgan fingerprint density at radius 1 is 1.50 bits per heavy atom. The minimum Gasteiger partial charge on any atom is -0.444 e. The molecule has 4 heteroatoms. The first-order chi connectivity index (χ1) is 6.38. The predicted octanol–water partition coefficient (Wildman–Crippen LogP) is 1.23. The van der Waals surface area contributed by atoms with Crippen molar-refractivity contribution in [2.45, 2.75) is 39.3 Å². The average Bonchev–Trinajstić information content (AvgIpc) is 2.01. The molecule has 1 radical (unpaired) electrons. The van der Waals surface area contributed by atoms with Gasteiger partial charge in [0.05, 0.1) is 0 Å². The summed E-state index contributed by atoms with van der Waals surface area (Å²) in [5.41, 5.74) is -0.408. The summed E-state index contributed by atoms with van der Waals surface area (Å²) in [6.45, 7) is 9.72. The fraction of sp³-hybridized carbons (Fsp3) is 0.900. The van der Waals surface area contributed by atoms with Crippen LogP contribution < -0.4 is 5.32 Å². The van der Waals surface area contributed by atoms with Gasteiger partial charge in [-0.25, -0.2) is 10.1 Å². The number of nitrogens with zero attached hydrogens (tertiary/aromatic N) is 2. The number of amides is 1. The van der Waals surface area contributed by atoms with Crippen LogP contribution in [-0.4, -0.2) is 42.3 Å². The summed E-state index contributed by atoms with van der Waals surface area (Å²) >= 11 is 0. The van der Waals surface area contributed by atoms with Crippen molar-refractivity contribution in [1.82, 2.24) is 10.2 Å². The summed E-state index contributed by atoms with van der Waals surface area (Å²) in [4.78, 5) is 13.3. The molecule has 1 aliphatic heterocycles. The van der Waals surface area contributed by atoms with Gasteiger partial charge in [-0.3, -0.25) is 0 Å². The molecule has 1 aliphatic rings. The Balaban J connectivity index is 2.44. The maximum atomic E-state index is 11.6. The number of piperazine rings is 1. The van der Waals surface area contributed by atoms with Crippen LogP contribution in [0.25, 0.3) is 0 Å². The second kappa shape index (κ2) is 4.17. The third kappa shape index (κ3) is 3.54. The van der Waals surface area contributed by atoms with E-state index < -0.39 is 5.60 Å². The van der Waals surface area contributed by atoms with Crippen LogP contribution in [0.15, 0.2) is 0 Å². The van der Waals surface area contributed by atoms with Crippen molar-refractivity contribution in [3.63, 3.8) is 0 Å². The molecule has 0 aromatic rings. The van der Waals surface area contributed by atoms with Crippen molar-refractivity contribution in [2.75, 3.05) is 19.6 Å². The van der Waals surface area contributed by atoms with Gasteiger partial charge in [0.15, 0.2) is 0 Å². The Kier molecular flexibility index (Phi) is 3.37. The smallest absolute Gasteiger partial charge is 0.410 e. The highest BCUT2D eigenvalue weighted by Gasteiger charge is 2.25. The standard InChI is InChI=1S/C10H19N2O2/c1-8-7-12(6-5-11-8)9(13)14-10(2,3)4/h8H,5-7H2,1-4H3. The monoisotopic (exact) mass is 199 g/mol. The van der Waals surface area contributed by atoms with Gasteiger partial charge in [-0.05, 0) is 27.7 Å². The van der Waals surface area contributed by atoms with Gasteiger partial charge in [-0.15, -0.1) is 0 Å². The minimum absolute atomic E-state index is 0.223. The zero-order chi connectivity index (χ0) is 10.8. The molecular formula is C10H19N2O2. The maximum Gasteiger partial charge on any atom is 0.410 e. The molecular weight excluding hydrogens is 180 g/mol. The molecule has 0 N–H and O–H groups in total. The Labute approximate surface area is 85.6 Å². The van der Waals surface area contributed by atoms with Crippen molar-refractivity contribution in [3.05, 3.63) is 0 Å². The second-order valence-electron chi connectivity index (χ2n) is 4.68. The predicted molar refractivity (Wildman–Crippen MR) is 54.3 cm³/mol. The molecule has 0 bridgehead atoms. The molecule has 1 atom stereocenters. The van der Waals surface area contributed by atoms with Crippen molar-refractivity contribution in [1.29, 1.82) is 0 Å². The zero-order valence-corrected chi connectivity index (χ0v) is 9.41. The fourth-order valence-electron chi connectivity index (χ4n) is 1.36. The highest BCUT2D eigenvalue weighted by atomic mass is 16.6. The van der Waals surface area contributed by atoms with Crippen LogP contribution in [0.4, 0.5) is 4.79 Å². The van der Waals surface area contributed by atoms with E-state index in [2.05, 4.69) is 5.32 Å². The summed E-state index contributed by atoms with van der Waals surface area (Å²) in [6.07, 6.45) is -0.223. The van der Waals surface area contributed by atoms with Gasteiger partial charge < -0.3 is 9.64 Å². The molecule has 81 valence electrons. The molecule has 1 amide bonds. The van der Waals surface area contributed by atoms with Gasteiger partial charge in [0.1, 0.15) is 5.60 Å². The number of hydrogen-bond donors (Lipinski definition) is 0.